The number of carboxylic acids is 1. The SMILES string of the molecule is O=C(O)CCc1cnc(-c2cccnc2)nc1. The number of rotatable bonds is 4. The Morgan fingerprint density at radius 2 is 2.00 bits per heavy atom. The third-order valence-corrected chi connectivity index (χ3v) is 2.25. The Hall–Kier alpha value is -2.30. The van der Waals surface area contributed by atoms with Gasteiger partial charge in [-0.15, -0.1) is 0 Å². The zero-order valence-electron chi connectivity index (χ0n) is 9.08. The number of aromatic nitrogens is 3. The highest BCUT2D eigenvalue weighted by Gasteiger charge is 2.03. The Morgan fingerprint density at radius 3 is 2.59 bits per heavy atom. The van der Waals surface area contributed by atoms with Gasteiger partial charge in [0, 0.05) is 36.8 Å². The first-order chi connectivity index (χ1) is 8.25. The van der Waals surface area contributed by atoms with E-state index in [9.17, 15) is 4.79 Å². The van der Waals surface area contributed by atoms with E-state index in [1.807, 2.05) is 12.1 Å². The minimum absolute atomic E-state index is 0.0929. The maximum Gasteiger partial charge on any atom is 0.303 e. The number of nitrogens with zero attached hydrogens (tertiary/aromatic N) is 3. The minimum Gasteiger partial charge on any atom is -0.481 e. The van der Waals surface area contributed by atoms with E-state index in [-0.39, 0.29) is 6.42 Å². The molecule has 0 spiro atoms. The number of hydrogen-bond donors (Lipinski definition) is 1. The Labute approximate surface area is 98.2 Å². The van der Waals surface area contributed by atoms with E-state index in [1.54, 1.807) is 24.8 Å². The highest BCUT2D eigenvalue weighted by molar-refractivity contribution is 5.67. The fraction of sp³-hybridized carbons (Fsp3) is 0.167. The van der Waals surface area contributed by atoms with Crippen molar-refractivity contribution in [1.82, 2.24) is 15.0 Å². The summed E-state index contributed by atoms with van der Waals surface area (Å²) < 4.78 is 0. The van der Waals surface area contributed by atoms with Crippen LogP contribution in [0.4, 0.5) is 0 Å². The number of hydrogen-bond acceptors (Lipinski definition) is 4. The van der Waals surface area contributed by atoms with Crippen molar-refractivity contribution in [3.8, 4) is 11.4 Å². The number of aliphatic carboxylic acids is 1. The standard InChI is InChI=1S/C12H11N3O2/c16-11(17)4-3-9-6-14-12(15-7-9)10-2-1-5-13-8-10/h1-2,5-8H,3-4H2,(H,16,17). The van der Waals surface area contributed by atoms with E-state index in [2.05, 4.69) is 15.0 Å². The summed E-state index contributed by atoms with van der Waals surface area (Å²) in [6.07, 6.45) is 7.21. The van der Waals surface area contributed by atoms with Crippen LogP contribution in [0.2, 0.25) is 0 Å². The van der Waals surface area contributed by atoms with E-state index in [0.717, 1.165) is 11.1 Å². The molecule has 0 aliphatic rings. The van der Waals surface area contributed by atoms with Gasteiger partial charge in [0.2, 0.25) is 0 Å². The van der Waals surface area contributed by atoms with Gasteiger partial charge in [-0.3, -0.25) is 9.78 Å². The summed E-state index contributed by atoms with van der Waals surface area (Å²) in [6.45, 7) is 0. The van der Waals surface area contributed by atoms with Crippen LogP contribution in [0.15, 0.2) is 36.9 Å². The predicted molar refractivity (Wildman–Crippen MR) is 61.2 cm³/mol. The first-order valence-electron chi connectivity index (χ1n) is 5.19. The summed E-state index contributed by atoms with van der Waals surface area (Å²) in [5.74, 6) is -0.224. The maximum absolute atomic E-state index is 10.4. The van der Waals surface area contributed by atoms with E-state index in [0.29, 0.717) is 12.2 Å². The van der Waals surface area contributed by atoms with Crippen molar-refractivity contribution in [2.24, 2.45) is 0 Å². The molecule has 0 aliphatic heterocycles. The predicted octanol–water partition coefficient (Wildman–Crippen LogP) is 1.56. The zero-order chi connectivity index (χ0) is 12.1. The van der Waals surface area contributed by atoms with Crippen LogP contribution in [0, 0.1) is 0 Å². The molecule has 5 nitrogen and oxygen atoms in total. The summed E-state index contributed by atoms with van der Waals surface area (Å²) in [4.78, 5) is 22.8. The third kappa shape index (κ3) is 3.07. The summed E-state index contributed by atoms with van der Waals surface area (Å²) in [5.41, 5.74) is 1.66. The smallest absolute Gasteiger partial charge is 0.303 e. The quantitative estimate of drug-likeness (QED) is 0.860. The van der Waals surface area contributed by atoms with Crippen LogP contribution in [-0.2, 0) is 11.2 Å². The molecule has 2 aromatic rings. The second-order valence-corrected chi connectivity index (χ2v) is 3.55. The zero-order valence-corrected chi connectivity index (χ0v) is 9.08. The molecule has 0 saturated heterocycles. The molecule has 2 aromatic heterocycles. The fourth-order valence-electron chi connectivity index (χ4n) is 1.38. The monoisotopic (exact) mass is 229 g/mol. The second kappa shape index (κ2) is 5.16. The van der Waals surface area contributed by atoms with Gasteiger partial charge in [-0.2, -0.15) is 0 Å². The Kier molecular flexibility index (Phi) is 3.40. The van der Waals surface area contributed by atoms with Crippen molar-refractivity contribution in [2.45, 2.75) is 12.8 Å². The van der Waals surface area contributed by atoms with E-state index < -0.39 is 5.97 Å². The van der Waals surface area contributed by atoms with E-state index in [4.69, 9.17) is 5.11 Å². The third-order valence-electron chi connectivity index (χ3n) is 2.25. The van der Waals surface area contributed by atoms with Gasteiger partial charge in [0.1, 0.15) is 0 Å². The van der Waals surface area contributed by atoms with Gasteiger partial charge in [-0.1, -0.05) is 0 Å². The average Bonchev–Trinajstić information content (AvgIpc) is 2.38. The molecule has 2 rings (SSSR count). The molecule has 0 aliphatic carbocycles. The van der Waals surface area contributed by atoms with Crippen molar-refractivity contribution in [1.29, 1.82) is 0 Å². The maximum atomic E-state index is 10.4. The van der Waals surface area contributed by atoms with E-state index >= 15 is 0 Å². The molecule has 17 heavy (non-hydrogen) atoms. The molecule has 1 N–H and O–H groups in total. The van der Waals surface area contributed by atoms with Gasteiger partial charge < -0.3 is 5.11 Å². The largest absolute Gasteiger partial charge is 0.481 e. The molecular weight excluding hydrogens is 218 g/mol. The molecule has 0 radical (unpaired) electrons. The van der Waals surface area contributed by atoms with Crippen LogP contribution < -0.4 is 0 Å². The van der Waals surface area contributed by atoms with Crippen molar-refractivity contribution < 1.29 is 9.90 Å². The summed E-state index contributed by atoms with van der Waals surface area (Å²) in [7, 11) is 0. The lowest BCUT2D eigenvalue weighted by atomic mass is 10.2. The van der Waals surface area contributed by atoms with Crippen LogP contribution in [-0.4, -0.2) is 26.0 Å². The molecule has 0 bridgehead atoms. The molecule has 2 heterocycles. The highest BCUT2D eigenvalue weighted by atomic mass is 16.4. The van der Waals surface area contributed by atoms with Gasteiger partial charge in [0.05, 0.1) is 0 Å². The van der Waals surface area contributed by atoms with Crippen LogP contribution in [0.1, 0.15) is 12.0 Å². The molecular formula is C12H11N3O2. The summed E-state index contributed by atoms with van der Waals surface area (Å²) >= 11 is 0. The number of carbonyl (C=O) groups is 1. The first kappa shape index (κ1) is 11.2. The lowest BCUT2D eigenvalue weighted by molar-refractivity contribution is -0.136. The summed E-state index contributed by atoms with van der Waals surface area (Å²) in [6, 6.07) is 3.69. The van der Waals surface area contributed by atoms with Gasteiger partial charge in [-0.25, -0.2) is 9.97 Å². The number of aryl methyl sites for hydroxylation is 1. The van der Waals surface area contributed by atoms with Crippen LogP contribution in [0.3, 0.4) is 0 Å². The molecule has 0 saturated carbocycles. The van der Waals surface area contributed by atoms with Crippen molar-refractivity contribution in [3.63, 3.8) is 0 Å². The van der Waals surface area contributed by atoms with Gasteiger partial charge in [-0.05, 0) is 24.1 Å². The first-order valence-corrected chi connectivity index (χ1v) is 5.19. The van der Waals surface area contributed by atoms with Crippen molar-refractivity contribution >= 4 is 5.97 Å². The summed E-state index contributed by atoms with van der Waals surface area (Å²) in [5, 5.41) is 8.56. The topological polar surface area (TPSA) is 76.0 Å². The molecule has 0 aromatic carbocycles. The van der Waals surface area contributed by atoms with Gasteiger partial charge in [0.25, 0.3) is 0 Å². The molecule has 5 heteroatoms. The highest BCUT2D eigenvalue weighted by Crippen LogP contribution is 2.12. The minimum atomic E-state index is -0.818. The fourth-order valence-corrected chi connectivity index (χ4v) is 1.38. The van der Waals surface area contributed by atoms with Gasteiger partial charge >= 0.3 is 5.97 Å². The van der Waals surface area contributed by atoms with Crippen LogP contribution >= 0.6 is 0 Å². The van der Waals surface area contributed by atoms with Crippen LogP contribution in [0.25, 0.3) is 11.4 Å². The Morgan fingerprint density at radius 1 is 1.24 bits per heavy atom. The van der Waals surface area contributed by atoms with Crippen molar-refractivity contribution in [3.05, 3.63) is 42.5 Å². The Balaban J connectivity index is 2.11. The van der Waals surface area contributed by atoms with E-state index in [1.165, 1.54) is 0 Å². The second-order valence-electron chi connectivity index (χ2n) is 3.55. The average molecular weight is 229 g/mol. The molecule has 86 valence electrons. The molecule has 0 unspecified atom stereocenters. The normalized spacial score (nSPS) is 10.1. The Bertz CT molecular complexity index is 497. The number of pyridine rings is 1. The van der Waals surface area contributed by atoms with Crippen LogP contribution in [0.5, 0.6) is 0 Å². The van der Waals surface area contributed by atoms with Gasteiger partial charge in [0.15, 0.2) is 5.82 Å². The lowest BCUT2D eigenvalue weighted by Crippen LogP contribution is -1.99. The number of carboxylic acid groups (broad SMARTS) is 1. The lowest BCUT2D eigenvalue weighted by Gasteiger charge is -2.01. The van der Waals surface area contributed by atoms with Crippen molar-refractivity contribution in [2.75, 3.05) is 0 Å². The molecule has 0 fully saturated rings. The molecule has 0 amide bonds. The molecule has 0 atom stereocenters.